The van der Waals surface area contributed by atoms with Crippen molar-refractivity contribution < 1.29 is 9.53 Å². The molecule has 1 heterocycles. The van der Waals surface area contributed by atoms with Gasteiger partial charge in [0.1, 0.15) is 11.6 Å². The molecular formula is C20H21N3O3. The number of hydrogen-bond acceptors (Lipinski definition) is 4. The third-order valence-electron chi connectivity index (χ3n) is 4.08. The summed E-state index contributed by atoms with van der Waals surface area (Å²) in [5.74, 6) is 1.23. The molecule has 0 aliphatic carbocycles. The molecule has 0 unspecified atom stereocenters. The molecule has 0 aliphatic heterocycles. The van der Waals surface area contributed by atoms with E-state index in [0.29, 0.717) is 36.2 Å². The van der Waals surface area contributed by atoms with Crippen LogP contribution < -0.4 is 15.6 Å². The van der Waals surface area contributed by atoms with Crippen molar-refractivity contribution in [3.63, 3.8) is 0 Å². The van der Waals surface area contributed by atoms with Crippen LogP contribution >= 0.6 is 0 Å². The van der Waals surface area contributed by atoms with Crippen molar-refractivity contribution in [2.24, 2.45) is 7.05 Å². The number of carbonyl (C=O) groups is 1. The molecule has 1 N–H and O–H groups in total. The molecule has 0 saturated carbocycles. The zero-order chi connectivity index (χ0) is 18.4. The van der Waals surface area contributed by atoms with E-state index in [4.69, 9.17) is 4.74 Å². The average molecular weight is 351 g/mol. The number of nitrogens with zero attached hydrogens (tertiary/aromatic N) is 2. The minimum atomic E-state index is -0.115. The Hall–Kier alpha value is -3.15. The van der Waals surface area contributed by atoms with Crippen LogP contribution in [0.25, 0.3) is 10.9 Å². The molecule has 0 saturated heterocycles. The number of hydrogen-bond donors (Lipinski definition) is 1. The summed E-state index contributed by atoms with van der Waals surface area (Å²) in [6.45, 7) is 0.694. The molecule has 0 spiro atoms. The number of para-hydroxylation sites is 2. The van der Waals surface area contributed by atoms with Crippen molar-refractivity contribution in [1.29, 1.82) is 0 Å². The van der Waals surface area contributed by atoms with Gasteiger partial charge in [-0.2, -0.15) is 0 Å². The SMILES string of the molecule is Cn1c(CNC(=O)CCCOc2ccccc2)nc2ccccc2c1=O. The summed E-state index contributed by atoms with van der Waals surface area (Å²) in [5, 5.41) is 3.39. The first kappa shape index (κ1) is 17.7. The zero-order valence-electron chi connectivity index (χ0n) is 14.6. The fourth-order valence-corrected chi connectivity index (χ4v) is 2.63. The summed E-state index contributed by atoms with van der Waals surface area (Å²) in [6, 6.07) is 16.7. The molecule has 3 aromatic rings. The molecule has 0 aliphatic rings. The number of aromatic nitrogens is 2. The van der Waals surface area contributed by atoms with Gasteiger partial charge in [0.2, 0.25) is 5.91 Å². The second kappa shape index (κ2) is 8.29. The fraction of sp³-hybridized carbons (Fsp3) is 0.250. The van der Waals surface area contributed by atoms with Crippen LogP contribution in [0.5, 0.6) is 5.75 Å². The predicted octanol–water partition coefficient (Wildman–Crippen LogP) is 2.41. The van der Waals surface area contributed by atoms with Gasteiger partial charge < -0.3 is 10.1 Å². The molecule has 0 radical (unpaired) electrons. The van der Waals surface area contributed by atoms with Crippen molar-refractivity contribution in [2.45, 2.75) is 19.4 Å². The smallest absolute Gasteiger partial charge is 0.261 e. The highest BCUT2D eigenvalue weighted by atomic mass is 16.5. The average Bonchev–Trinajstić information content (AvgIpc) is 2.68. The molecule has 1 aromatic heterocycles. The number of nitrogens with one attached hydrogen (secondary N) is 1. The second-order valence-corrected chi connectivity index (χ2v) is 5.95. The van der Waals surface area contributed by atoms with E-state index < -0.39 is 0 Å². The monoisotopic (exact) mass is 351 g/mol. The van der Waals surface area contributed by atoms with Crippen LogP contribution in [0.2, 0.25) is 0 Å². The Morgan fingerprint density at radius 1 is 1.12 bits per heavy atom. The molecule has 1 amide bonds. The van der Waals surface area contributed by atoms with Gasteiger partial charge in [-0.3, -0.25) is 14.2 Å². The molecule has 6 nitrogen and oxygen atoms in total. The third kappa shape index (κ3) is 4.27. The maximum atomic E-state index is 12.3. The maximum Gasteiger partial charge on any atom is 0.261 e. The highest BCUT2D eigenvalue weighted by Crippen LogP contribution is 2.09. The fourth-order valence-electron chi connectivity index (χ4n) is 2.63. The summed E-state index contributed by atoms with van der Waals surface area (Å²) in [4.78, 5) is 28.8. The van der Waals surface area contributed by atoms with Crippen LogP contribution in [-0.2, 0) is 18.4 Å². The van der Waals surface area contributed by atoms with E-state index in [0.717, 1.165) is 5.75 Å². The summed E-state index contributed by atoms with van der Waals surface area (Å²) in [6.07, 6.45) is 0.971. The number of amides is 1. The van der Waals surface area contributed by atoms with Crippen LogP contribution in [0, 0.1) is 0 Å². The van der Waals surface area contributed by atoms with Crippen molar-refractivity contribution in [1.82, 2.24) is 14.9 Å². The van der Waals surface area contributed by atoms with Crippen molar-refractivity contribution in [2.75, 3.05) is 6.61 Å². The standard InChI is InChI=1S/C20H21N3O3/c1-23-18(22-17-11-6-5-10-16(17)20(23)25)14-21-19(24)12-7-13-26-15-8-3-2-4-9-15/h2-6,8-11H,7,12-14H2,1H3,(H,21,24). The topological polar surface area (TPSA) is 73.2 Å². The minimum Gasteiger partial charge on any atom is -0.494 e. The first-order chi connectivity index (χ1) is 12.6. The molecular weight excluding hydrogens is 330 g/mol. The van der Waals surface area contributed by atoms with Gasteiger partial charge in [-0.25, -0.2) is 4.98 Å². The minimum absolute atomic E-state index is 0.0935. The molecule has 26 heavy (non-hydrogen) atoms. The van der Waals surface area contributed by atoms with Gasteiger partial charge in [0.25, 0.3) is 5.56 Å². The molecule has 3 rings (SSSR count). The van der Waals surface area contributed by atoms with E-state index >= 15 is 0 Å². The van der Waals surface area contributed by atoms with E-state index in [1.807, 2.05) is 42.5 Å². The lowest BCUT2D eigenvalue weighted by atomic mass is 10.2. The van der Waals surface area contributed by atoms with Gasteiger partial charge in [-0.15, -0.1) is 0 Å². The van der Waals surface area contributed by atoms with Gasteiger partial charge in [0, 0.05) is 13.5 Å². The Bertz CT molecular complexity index is 951. The largest absolute Gasteiger partial charge is 0.494 e. The highest BCUT2D eigenvalue weighted by Gasteiger charge is 2.09. The van der Waals surface area contributed by atoms with Crippen LogP contribution in [0.4, 0.5) is 0 Å². The quantitative estimate of drug-likeness (QED) is 0.664. The lowest BCUT2D eigenvalue weighted by Crippen LogP contribution is -2.29. The number of benzene rings is 2. The van der Waals surface area contributed by atoms with Crippen LogP contribution in [-0.4, -0.2) is 22.1 Å². The normalized spacial score (nSPS) is 10.7. The molecule has 0 fully saturated rings. The van der Waals surface area contributed by atoms with Crippen molar-refractivity contribution >= 4 is 16.8 Å². The Morgan fingerprint density at radius 3 is 2.65 bits per heavy atom. The molecule has 134 valence electrons. The van der Waals surface area contributed by atoms with Gasteiger partial charge in [0.05, 0.1) is 24.1 Å². The van der Waals surface area contributed by atoms with Crippen molar-refractivity contribution in [3.05, 3.63) is 70.8 Å². The molecule has 2 aromatic carbocycles. The molecule has 6 heteroatoms. The van der Waals surface area contributed by atoms with E-state index in [1.54, 1.807) is 19.2 Å². The first-order valence-corrected chi connectivity index (χ1v) is 8.54. The zero-order valence-corrected chi connectivity index (χ0v) is 14.6. The van der Waals surface area contributed by atoms with E-state index in [-0.39, 0.29) is 18.0 Å². The number of ether oxygens (including phenoxy) is 1. The Morgan fingerprint density at radius 2 is 1.85 bits per heavy atom. The highest BCUT2D eigenvalue weighted by molar-refractivity contribution is 5.78. The van der Waals surface area contributed by atoms with Crippen LogP contribution in [0.1, 0.15) is 18.7 Å². The number of fused-ring (bicyclic) bond motifs is 1. The molecule has 0 bridgehead atoms. The van der Waals surface area contributed by atoms with Crippen molar-refractivity contribution in [3.8, 4) is 5.75 Å². The maximum absolute atomic E-state index is 12.3. The third-order valence-corrected chi connectivity index (χ3v) is 4.08. The first-order valence-electron chi connectivity index (χ1n) is 8.54. The lowest BCUT2D eigenvalue weighted by Gasteiger charge is -2.10. The summed E-state index contributed by atoms with van der Waals surface area (Å²) in [7, 11) is 1.66. The van der Waals surface area contributed by atoms with Gasteiger partial charge >= 0.3 is 0 Å². The van der Waals surface area contributed by atoms with E-state index in [2.05, 4.69) is 10.3 Å². The van der Waals surface area contributed by atoms with E-state index in [9.17, 15) is 9.59 Å². The Labute approximate surface area is 151 Å². The number of carbonyl (C=O) groups excluding carboxylic acids is 1. The summed E-state index contributed by atoms with van der Waals surface area (Å²) >= 11 is 0. The van der Waals surface area contributed by atoms with Gasteiger partial charge in [-0.1, -0.05) is 30.3 Å². The lowest BCUT2D eigenvalue weighted by molar-refractivity contribution is -0.121. The summed E-state index contributed by atoms with van der Waals surface area (Å²) in [5.41, 5.74) is 0.521. The van der Waals surface area contributed by atoms with Crippen LogP contribution in [0.3, 0.4) is 0 Å². The molecule has 0 atom stereocenters. The second-order valence-electron chi connectivity index (χ2n) is 5.95. The summed E-state index contributed by atoms with van der Waals surface area (Å²) < 4.78 is 7.04. The van der Waals surface area contributed by atoms with Gasteiger partial charge in [0.15, 0.2) is 0 Å². The number of rotatable bonds is 7. The predicted molar refractivity (Wildman–Crippen MR) is 100 cm³/mol. The Kier molecular flexibility index (Phi) is 5.63. The van der Waals surface area contributed by atoms with Crippen LogP contribution in [0.15, 0.2) is 59.4 Å². The van der Waals surface area contributed by atoms with E-state index in [1.165, 1.54) is 4.57 Å². The Balaban J connectivity index is 1.51. The van der Waals surface area contributed by atoms with Gasteiger partial charge in [-0.05, 0) is 30.7 Å².